The molecule has 0 saturated carbocycles. The van der Waals surface area contributed by atoms with Gasteiger partial charge in [-0.15, -0.1) is 0 Å². The number of fused-ring (bicyclic) bond motifs is 1. The van der Waals surface area contributed by atoms with E-state index < -0.39 is 0 Å². The van der Waals surface area contributed by atoms with Crippen molar-refractivity contribution in [3.05, 3.63) is 0 Å². The fourth-order valence-electron chi connectivity index (χ4n) is 5.49. The smallest absolute Gasteiger partial charge is 0.230 e. The van der Waals surface area contributed by atoms with E-state index in [1.54, 1.807) is 6.92 Å². The van der Waals surface area contributed by atoms with Crippen molar-refractivity contribution in [1.82, 2.24) is 14.7 Å². The number of hydrogen-bond acceptors (Lipinski definition) is 3. The minimum absolute atomic E-state index is 0.0643. The maximum absolute atomic E-state index is 13.3. The Bertz CT molecular complexity index is 511. The average molecular weight is 335 g/mol. The van der Waals surface area contributed by atoms with Gasteiger partial charge in [-0.2, -0.15) is 0 Å². The Labute approximate surface area is 146 Å². The summed E-state index contributed by atoms with van der Waals surface area (Å²) in [5.41, 5.74) is -0.143. The number of carbonyl (C=O) groups excluding carboxylic acids is 2. The number of rotatable bonds is 3. The summed E-state index contributed by atoms with van der Waals surface area (Å²) >= 11 is 0. The highest BCUT2D eigenvalue weighted by atomic mass is 16.2. The SMILES string of the molecule is CCN1CC[C@@]2(CN(CC(C)C)CC23CCN(C(C)=O)CC3)C1=O. The summed E-state index contributed by atoms with van der Waals surface area (Å²) in [4.78, 5) is 31.6. The van der Waals surface area contributed by atoms with Crippen molar-refractivity contribution in [3.63, 3.8) is 0 Å². The monoisotopic (exact) mass is 335 g/mol. The summed E-state index contributed by atoms with van der Waals surface area (Å²) in [5.74, 6) is 1.17. The van der Waals surface area contributed by atoms with Gasteiger partial charge in [0.25, 0.3) is 0 Å². The highest BCUT2D eigenvalue weighted by molar-refractivity contribution is 5.86. The molecule has 3 saturated heterocycles. The van der Waals surface area contributed by atoms with E-state index in [2.05, 4.69) is 30.6 Å². The third-order valence-corrected chi connectivity index (χ3v) is 6.71. The second-order valence-corrected chi connectivity index (χ2v) is 8.57. The van der Waals surface area contributed by atoms with Gasteiger partial charge in [0.1, 0.15) is 0 Å². The summed E-state index contributed by atoms with van der Waals surface area (Å²) in [7, 11) is 0. The lowest BCUT2D eigenvalue weighted by Crippen LogP contribution is -2.53. The van der Waals surface area contributed by atoms with Crippen LogP contribution < -0.4 is 0 Å². The lowest BCUT2D eigenvalue weighted by molar-refractivity contribution is -0.143. The quantitative estimate of drug-likeness (QED) is 0.790. The number of carbonyl (C=O) groups is 2. The maximum Gasteiger partial charge on any atom is 0.230 e. The predicted octanol–water partition coefficient (Wildman–Crippen LogP) is 1.83. The van der Waals surface area contributed by atoms with Crippen LogP contribution in [0.25, 0.3) is 0 Å². The van der Waals surface area contributed by atoms with Gasteiger partial charge in [-0.25, -0.2) is 0 Å². The van der Waals surface area contributed by atoms with Crippen LogP contribution in [-0.4, -0.2) is 72.3 Å². The second-order valence-electron chi connectivity index (χ2n) is 8.57. The van der Waals surface area contributed by atoms with E-state index in [9.17, 15) is 9.59 Å². The van der Waals surface area contributed by atoms with Gasteiger partial charge in [-0.1, -0.05) is 13.8 Å². The van der Waals surface area contributed by atoms with Gasteiger partial charge in [-0.3, -0.25) is 9.59 Å². The normalized spacial score (nSPS) is 30.3. The summed E-state index contributed by atoms with van der Waals surface area (Å²) < 4.78 is 0. The van der Waals surface area contributed by atoms with E-state index in [4.69, 9.17) is 0 Å². The van der Waals surface area contributed by atoms with Crippen molar-refractivity contribution < 1.29 is 9.59 Å². The first-order valence-electron chi connectivity index (χ1n) is 9.61. The van der Waals surface area contributed by atoms with Crippen LogP contribution in [0.15, 0.2) is 0 Å². The van der Waals surface area contributed by atoms with Gasteiger partial charge in [-0.05, 0) is 32.1 Å². The number of nitrogens with zero attached hydrogens (tertiary/aromatic N) is 3. The van der Waals surface area contributed by atoms with Crippen LogP contribution in [0, 0.1) is 16.7 Å². The van der Waals surface area contributed by atoms with E-state index in [1.165, 1.54) is 0 Å². The Morgan fingerprint density at radius 2 is 1.79 bits per heavy atom. The molecule has 3 heterocycles. The van der Waals surface area contributed by atoms with Crippen molar-refractivity contribution in [2.75, 3.05) is 45.8 Å². The first kappa shape index (κ1) is 17.7. The number of amides is 2. The van der Waals surface area contributed by atoms with Gasteiger partial charge in [0.15, 0.2) is 0 Å². The molecule has 1 atom stereocenters. The minimum Gasteiger partial charge on any atom is -0.343 e. The van der Waals surface area contributed by atoms with Crippen LogP contribution in [0.1, 0.15) is 47.0 Å². The van der Waals surface area contributed by atoms with Crippen LogP contribution in [0.2, 0.25) is 0 Å². The molecule has 2 amide bonds. The van der Waals surface area contributed by atoms with Crippen molar-refractivity contribution in [3.8, 4) is 0 Å². The lowest BCUT2D eigenvalue weighted by atomic mass is 9.60. The molecule has 0 bridgehead atoms. The number of piperidine rings is 1. The van der Waals surface area contributed by atoms with Crippen molar-refractivity contribution in [2.24, 2.45) is 16.7 Å². The van der Waals surface area contributed by atoms with E-state index in [-0.39, 0.29) is 16.7 Å². The van der Waals surface area contributed by atoms with Crippen LogP contribution in [0.5, 0.6) is 0 Å². The first-order valence-corrected chi connectivity index (χ1v) is 9.61. The van der Waals surface area contributed by atoms with Crippen molar-refractivity contribution in [1.29, 1.82) is 0 Å². The molecule has 0 radical (unpaired) electrons. The van der Waals surface area contributed by atoms with E-state index in [1.807, 2.05) is 4.90 Å². The summed E-state index contributed by atoms with van der Waals surface area (Å²) in [6.07, 6.45) is 2.95. The van der Waals surface area contributed by atoms with Gasteiger partial charge in [0, 0.05) is 58.2 Å². The van der Waals surface area contributed by atoms with Crippen LogP contribution >= 0.6 is 0 Å². The van der Waals surface area contributed by atoms with Crippen LogP contribution in [-0.2, 0) is 9.59 Å². The Balaban J connectivity index is 1.87. The molecule has 0 N–H and O–H groups in total. The molecular formula is C19H33N3O2. The lowest BCUT2D eigenvalue weighted by Gasteiger charge is -2.47. The van der Waals surface area contributed by atoms with Gasteiger partial charge in [0.05, 0.1) is 5.41 Å². The van der Waals surface area contributed by atoms with Gasteiger partial charge in [0.2, 0.25) is 11.8 Å². The van der Waals surface area contributed by atoms with Crippen LogP contribution in [0.4, 0.5) is 0 Å². The molecule has 0 aromatic rings. The molecule has 3 fully saturated rings. The molecular weight excluding hydrogens is 302 g/mol. The topological polar surface area (TPSA) is 43.9 Å². The molecule has 3 aliphatic rings. The largest absolute Gasteiger partial charge is 0.343 e. The maximum atomic E-state index is 13.3. The Morgan fingerprint density at radius 3 is 2.29 bits per heavy atom. The minimum atomic E-state index is -0.208. The molecule has 0 aromatic carbocycles. The Kier molecular flexibility index (Phi) is 4.67. The van der Waals surface area contributed by atoms with E-state index in [0.29, 0.717) is 11.8 Å². The van der Waals surface area contributed by atoms with Gasteiger partial charge < -0.3 is 14.7 Å². The number of hydrogen-bond donors (Lipinski definition) is 0. The Hall–Kier alpha value is -1.10. The second kappa shape index (κ2) is 6.32. The van der Waals surface area contributed by atoms with Gasteiger partial charge >= 0.3 is 0 Å². The molecule has 0 aromatic heterocycles. The molecule has 5 heteroatoms. The molecule has 3 rings (SSSR count). The zero-order valence-corrected chi connectivity index (χ0v) is 15.8. The highest BCUT2D eigenvalue weighted by Crippen LogP contribution is 2.57. The van der Waals surface area contributed by atoms with E-state index in [0.717, 1.165) is 65.1 Å². The molecule has 136 valence electrons. The third-order valence-electron chi connectivity index (χ3n) is 6.71. The molecule has 5 nitrogen and oxygen atoms in total. The molecule has 2 spiro atoms. The standard InChI is InChI=1S/C19H33N3O2/c1-5-21-11-8-19(17(21)24)14-20(12-15(2)3)13-18(19)6-9-22(10-7-18)16(4)23/h15H,5-14H2,1-4H3/t19-/m1/s1. The van der Waals surface area contributed by atoms with Crippen LogP contribution in [0.3, 0.4) is 0 Å². The first-order chi connectivity index (χ1) is 11.3. The fourth-order valence-corrected chi connectivity index (χ4v) is 5.49. The molecule has 3 aliphatic heterocycles. The summed E-state index contributed by atoms with van der Waals surface area (Å²) in [6.45, 7) is 14.6. The third kappa shape index (κ3) is 2.65. The zero-order valence-electron chi connectivity index (χ0n) is 15.8. The fraction of sp³-hybridized carbons (Fsp3) is 0.895. The molecule has 24 heavy (non-hydrogen) atoms. The summed E-state index contributed by atoms with van der Waals surface area (Å²) in [5, 5.41) is 0. The highest BCUT2D eigenvalue weighted by Gasteiger charge is 2.64. The molecule has 0 aliphatic carbocycles. The predicted molar refractivity (Wildman–Crippen MR) is 94.5 cm³/mol. The number of likely N-dealkylation sites (tertiary alicyclic amines) is 3. The van der Waals surface area contributed by atoms with Crippen molar-refractivity contribution >= 4 is 11.8 Å². The zero-order chi connectivity index (χ0) is 17.5. The van der Waals surface area contributed by atoms with E-state index >= 15 is 0 Å². The molecule has 0 unspecified atom stereocenters. The summed E-state index contributed by atoms with van der Waals surface area (Å²) in [6, 6.07) is 0. The van der Waals surface area contributed by atoms with Crippen molar-refractivity contribution in [2.45, 2.75) is 47.0 Å². The average Bonchev–Trinajstić information content (AvgIpc) is 2.99. The Morgan fingerprint density at radius 1 is 1.12 bits per heavy atom.